The number of anilines is 1. The van der Waals surface area contributed by atoms with Crippen molar-refractivity contribution in [1.29, 1.82) is 0 Å². The van der Waals surface area contributed by atoms with E-state index < -0.39 is 17.5 Å². The summed E-state index contributed by atoms with van der Waals surface area (Å²) in [6.45, 7) is 6.14. The number of fused-ring (bicyclic) bond motifs is 1. The number of amides is 1. The number of allylic oxidation sites excluding steroid dienone is 1. The number of hydrogen-bond acceptors (Lipinski definition) is 3. The van der Waals surface area contributed by atoms with E-state index in [0.29, 0.717) is 23.5 Å². The second-order valence-electron chi connectivity index (χ2n) is 7.74. The fourth-order valence-corrected chi connectivity index (χ4v) is 3.62. The molecule has 1 N–H and O–H groups in total. The Morgan fingerprint density at radius 1 is 1.06 bits per heavy atom. The third-order valence-electron chi connectivity index (χ3n) is 5.30. The van der Waals surface area contributed by atoms with Crippen LogP contribution in [0.4, 0.5) is 14.5 Å². The fraction of sp³-hybridized carbons (Fsp3) is 0.148. The van der Waals surface area contributed by atoms with Crippen LogP contribution in [0.15, 0.2) is 71.4 Å². The largest absolute Gasteiger partial charge is 0.493 e. The van der Waals surface area contributed by atoms with Gasteiger partial charge in [-0.2, -0.15) is 0 Å². The van der Waals surface area contributed by atoms with Crippen molar-refractivity contribution in [2.24, 2.45) is 0 Å². The molecule has 1 amide bonds. The van der Waals surface area contributed by atoms with Crippen LogP contribution in [0.5, 0.6) is 5.75 Å². The molecular weight excluding hydrogens is 424 g/mol. The Labute approximate surface area is 190 Å². The van der Waals surface area contributed by atoms with E-state index in [0.717, 1.165) is 39.8 Å². The summed E-state index contributed by atoms with van der Waals surface area (Å²) >= 11 is 0. The third-order valence-corrected chi connectivity index (χ3v) is 5.30. The molecule has 0 spiro atoms. The summed E-state index contributed by atoms with van der Waals surface area (Å²) < 4.78 is 38.2. The summed E-state index contributed by atoms with van der Waals surface area (Å²) in [6, 6.07) is 15.1. The van der Waals surface area contributed by atoms with Crippen LogP contribution in [-0.4, -0.2) is 12.5 Å². The molecule has 0 fully saturated rings. The Morgan fingerprint density at radius 2 is 1.82 bits per heavy atom. The van der Waals surface area contributed by atoms with E-state index in [-0.39, 0.29) is 5.69 Å². The van der Waals surface area contributed by atoms with Gasteiger partial charge in [0.25, 0.3) is 0 Å². The molecular formula is C27H23F2NO3. The summed E-state index contributed by atoms with van der Waals surface area (Å²) in [5.41, 5.74) is 5.35. The van der Waals surface area contributed by atoms with Crippen LogP contribution in [0.3, 0.4) is 0 Å². The first-order chi connectivity index (χ1) is 15.9. The van der Waals surface area contributed by atoms with Crippen LogP contribution in [-0.2, 0) is 4.79 Å². The number of furan rings is 1. The van der Waals surface area contributed by atoms with Crippen molar-refractivity contribution in [1.82, 2.24) is 0 Å². The monoisotopic (exact) mass is 447 g/mol. The number of carbonyl (C=O) groups excluding carboxylic acids is 1. The number of hydrogen-bond donors (Lipinski definition) is 1. The Hall–Kier alpha value is -3.93. The number of nitrogens with one attached hydrogen (secondary N) is 1. The molecule has 3 aromatic carbocycles. The standard InChI is InChI=1S/C27H23F2NO3/c1-4-32-25-14-26-21(22(15-33-26)18-7-5-16(2)6-8-18)13-20(25)17(3)11-27(31)30-19-9-10-23(28)24(29)12-19/h5-15H,4H2,1-3H3,(H,30,31)/b17-11+. The quantitative estimate of drug-likeness (QED) is 0.320. The molecule has 33 heavy (non-hydrogen) atoms. The highest BCUT2D eigenvalue weighted by molar-refractivity contribution is 6.05. The van der Waals surface area contributed by atoms with Crippen molar-refractivity contribution in [3.05, 3.63) is 89.7 Å². The molecule has 4 rings (SSSR count). The van der Waals surface area contributed by atoms with Gasteiger partial charge in [-0.25, -0.2) is 8.78 Å². The molecule has 0 bridgehead atoms. The van der Waals surface area contributed by atoms with E-state index in [1.54, 1.807) is 13.2 Å². The van der Waals surface area contributed by atoms with Gasteiger partial charge in [-0.05, 0) is 50.1 Å². The van der Waals surface area contributed by atoms with Gasteiger partial charge in [-0.15, -0.1) is 0 Å². The summed E-state index contributed by atoms with van der Waals surface area (Å²) in [5, 5.41) is 3.45. The van der Waals surface area contributed by atoms with E-state index in [1.807, 2.05) is 50.2 Å². The Kier molecular flexibility index (Phi) is 6.27. The van der Waals surface area contributed by atoms with Gasteiger partial charge in [-0.3, -0.25) is 4.79 Å². The minimum Gasteiger partial charge on any atom is -0.493 e. The maximum atomic E-state index is 13.4. The lowest BCUT2D eigenvalue weighted by Gasteiger charge is -2.12. The van der Waals surface area contributed by atoms with Gasteiger partial charge in [0.1, 0.15) is 11.3 Å². The maximum Gasteiger partial charge on any atom is 0.248 e. The SMILES string of the molecule is CCOc1cc2occ(-c3ccc(C)cc3)c2cc1/C(C)=C/C(=O)Nc1ccc(F)c(F)c1. The van der Waals surface area contributed by atoms with Gasteiger partial charge in [0.05, 0.1) is 12.9 Å². The van der Waals surface area contributed by atoms with E-state index in [1.165, 1.54) is 12.1 Å². The van der Waals surface area contributed by atoms with Crippen LogP contribution in [0, 0.1) is 18.6 Å². The molecule has 0 aliphatic carbocycles. The zero-order chi connectivity index (χ0) is 23.5. The zero-order valence-corrected chi connectivity index (χ0v) is 18.5. The van der Waals surface area contributed by atoms with Gasteiger partial charge in [-0.1, -0.05) is 29.8 Å². The van der Waals surface area contributed by atoms with Crippen LogP contribution in [0.1, 0.15) is 25.0 Å². The third kappa shape index (κ3) is 4.80. The zero-order valence-electron chi connectivity index (χ0n) is 18.5. The normalized spacial score (nSPS) is 11.6. The Morgan fingerprint density at radius 3 is 2.52 bits per heavy atom. The molecule has 0 aliphatic rings. The van der Waals surface area contributed by atoms with Crippen molar-refractivity contribution in [3.63, 3.8) is 0 Å². The average molecular weight is 447 g/mol. The molecule has 0 saturated heterocycles. The Balaban J connectivity index is 1.71. The highest BCUT2D eigenvalue weighted by Gasteiger charge is 2.15. The number of rotatable bonds is 6. The van der Waals surface area contributed by atoms with E-state index >= 15 is 0 Å². The van der Waals surface area contributed by atoms with Gasteiger partial charge < -0.3 is 14.5 Å². The van der Waals surface area contributed by atoms with Gasteiger partial charge in [0.2, 0.25) is 5.91 Å². The van der Waals surface area contributed by atoms with Crippen molar-refractivity contribution >= 4 is 28.1 Å². The fourth-order valence-electron chi connectivity index (χ4n) is 3.62. The van der Waals surface area contributed by atoms with E-state index in [9.17, 15) is 13.6 Å². The molecule has 0 saturated carbocycles. The summed E-state index contributed by atoms with van der Waals surface area (Å²) in [4.78, 5) is 12.5. The molecule has 4 aromatic rings. The summed E-state index contributed by atoms with van der Waals surface area (Å²) in [6.07, 6.45) is 3.11. The molecule has 0 atom stereocenters. The van der Waals surface area contributed by atoms with Gasteiger partial charge in [0.15, 0.2) is 11.6 Å². The molecule has 0 radical (unpaired) electrons. The van der Waals surface area contributed by atoms with E-state index in [2.05, 4.69) is 5.32 Å². The number of ether oxygens (including phenoxy) is 1. The molecule has 1 aromatic heterocycles. The number of halogens is 2. The second kappa shape index (κ2) is 9.28. The number of aryl methyl sites for hydroxylation is 1. The molecule has 1 heterocycles. The highest BCUT2D eigenvalue weighted by atomic mass is 19.2. The summed E-state index contributed by atoms with van der Waals surface area (Å²) in [7, 11) is 0. The molecule has 4 nitrogen and oxygen atoms in total. The van der Waals surface area contributed by atoms with Crippen LogP contribution < -0.4 is 10.1 Å². The van der Waals surface area contributed by atoms with E-state index in [4.69, 9.17) is 9.15 Å². The van der Waals surface area contributed by atoms with Crippen molar-refractivity contribution in [2.45, 2.75) is 20.8 Å². The number of carbonyl (C=O) groups is 1. The van der Waals surface area contributed by atoms with Crippen molar-refractivity contribution < 1.29 is 22.7 Å². The molecule has 168 valence electrons. The van der Waals surface area contributed by atoms with Crippen LogP contribution >= 0.6 is 0 Å². The van der Waals surface area contributed by atoms with Gasteiger partial charge in [0, 0.05) is 40.4 Å². The minimum atomic E-state index is -1.03. The first-order valence-corrected chi connectivity index (χ1v) is 10.6. The Bertz CT molecular complexity index is 1350. The lowest BCUT2D eigenvalue weighted by atomic mass is 9.98. The summed E-state index contributed by atoms with van der Waals surface area (Å²) in [5.74, 6) is -1.88. The molecule has 6 heteroatoms. The number of benzene rings is 3. The van der Waals surface area contributed by atoms with Crippen LogP contribution in [0.2, 0.25) is 0 Å². The first-order valence-electron chi connectivity index (χ1n) is 10.6. The maximum absolute atomic E-state index is 13.4. The van der Waals surface area contributed by atoms with Gasteiger partial charge >= 0.3 is 0 Å². The lowest BCUT2D eigenvalue weighted by molar-refractivity contribution is -0.111. The smallest absolute Gasteiger partial charge is 0.248 e. The first kappa shape index (κ1) is 22.3. The minimum absolute atomic E-state index is 0.167. The molecule has 0 unspecified atom stereocenters. The second-order valence-corrected chi connectivity index (χ2v) is 7.74. The van der Waals surface area contributed by atoms with Crippen molar-refractivity contribution in [3.8, 4) is 16.9 Å². The predicted octanol–water partition coefficient (Wildman–Crippen LogP) is 7.13. The average Bonchev–Trinajstić information content (AvgIpc) is 3.19. The van der Waals surface area contributed by atoms with Crippen molar-refractivity contribution in [2.75, 3.05) is 11.9 Å². The van der Waals surface area contributed by atoms with Crippen LogP contribution in [0.25, 0.3) is 27.7 Å². The predicted molar refractivity (Wildman–Crippen MR) is 126 cm³/mol. The molecule has 0 aliphatic heterocycles. The topological polar surface area (TPSA) is 51.5 Å². The highest BCUT2D eigenvalue weighted by Crippen LogP contribution is 2.37. The lowest BCUT2D eigenvalue weighted by Crippen LogP contribution is -2.09.